The van der Waals surface area contributed by atoms with Gasteiger partial charge in [-0.15, -0.1) is 0 Å². The van der Waals surface area contributed by atoms with E-state index in [9.17, 15) is 27.6 Å². The molecule has 5 rings (SSSR count). The van der Waals surface area contributed by atoms with Gasteiger partial charge in [0.25, 0.3) is 5.91 Å². The molecule has 42 heavy (non-hydrogen) atoms. The van der Waals surface area contributed by atoms with Gasteiger partial charge in [0.05, 0.1) is 17.0 Å². The van der Waals surface area contributed by atoms with E-state index in [4.69, 9.17) is 0 Å². The number of hydrazine groups is 1. The third-order valence-electron chi connectivity index (χ3n) is 6.42. The summed E-state index contributed by atoms with van der Waals surface area (Å²) in [6, 6.07) is 20.2. The molecule has 3 N–H and O–H groups in total. The van der Waals surface area contributed by atoms with Crippen molar-refractivity contribution in [2.24, 2.45) is 4.99 Å². The lowest BCUT2D eigenvalue weighted by atomic mass is 9.96. The second-order valence-electron chi connectivity index (χ2n) is 9.38. The number of pyridine rings is 2. The number of Topliss-reactive ketones (excluding diaryl/α,β-unsaturated/α-hetero) is 1. The number of ketones is 1. The first-order valence-electron chi connectivity index (χ1n) is 12.7. The summed E-state index contributed by atoms with van der Waals surface area (Å²) >= 11 is 0. The standard InChI is InChI=1S/C30H23F3N6O3/c1-17-11-12-20(16-34-17)26-22(13-14-24(35-26)30(31,32)33)28(41)38-39-29(42)37-27-23(40)15-19-9-5-6-10-21(19)25(36-27)18-7-3-2-4-8-18/h2-14,16,27H,15H2,1H3,(H,38,41)(H2,37,39,42)/t27-/m1/s1. The number of hydrogen-bond donors (Lipinski definition) is 3. The number of fused-ring (bicyclic) bond motifs is 1. The van der Waals surface area contributed by atoms with E-state index in [1.54, 1.807) is 13.0 Å². The Hall–Kier alpha value is -5.39. The second-order valence-corrected chi connectivity index (χ2v) is 9.38. The van der Waals surface area contributed by atoms with Gasteiger partial charge >= 0.3 is 12.2 Å². The van der Waals surface area contributed by atoms with Crippen LogP contribution in [0.3, 0.4) is 0 Å². The van der Waals surface area contributed by atoms with Crippen LogP contribution in [0.5, 0.6) is 0 Å². The third kappa shape index (κ3) is 6.17. The Kier molecular flexibility index (Phi) is 7.78. The SMILES string of the molecule is Cc1ccc(-c2nc(C(F)(F)F)ccc2C(=O)NNC(=O)N[C@H]2N=C(c3ccccc3)c3ccccc3CC2=O)cn1. The number of aryl methyl sites for hydroxylation is 1. The number of alkyl halides is 3. The fourth-order valence-electron chi connectivity index (χ4n) is 4.37. The van der Waals surface area contributed by atoms with Gasteiger partial charge in [-0.1, -0.05) is 54.6 Å². The van der Waals surface area contributed by atoms with Crippen LogP contribution in [0.1, 0.15) is 38.4 Å². The van der Waals surface area contributed by atoms with Crippen LogP contribution in [0.15, 0.2) is 90.1 Å². The molecule has 12 heteroatoms. The molecule has 3 amide bonds. The normalized spacial score (nSPS) is 14.7. The van der Waals surface area contributed by atoms with Crippen molar-refractivity contribution in [2.75, 3.05) is 0 Å². The monoisotopic (exact) mass is 572 g/mol. The van der Waals surface area contributed by atoms with E-state index in [1.807, 2.05) is 54.6 Å². The largest absolute Gasteiger partial charge is 0.433 e. The molecule has 212 valence electrons. The maximum absolute atomic E-state index is 13.4. The number of rotatable bonds is 4. The summed E-state index contributed by atoms with van der Waals surface area (Å²) in [6.45, 7) is 1.70. The Bertz CT molecular complexity index is 1690. The Labute approximate surface area is 237 Å². The van der Waals surface area contributed by atoms with Crippen LogP contribution in [-0.4, -0.2) is 39.6 Å². The van der Waals surface area contributed by atoms with Gasteiger partial charge in [0.2, 0.25) is 0 Å². The number of urea groups is 1. The number of aromatic nitrogens is 2. The van der Waals surface area contributed by atoms with Crippen LogP contribution < -0.4 is 16.2 Å². The number of carbonyl (C=O) groups is 3. The average Bonchev–Trinajstić information content (AvgIpc) is 3.12. The average molecular weight is 573 g/mol. The maximum Gasteiger partial charge on any atom is 0.433 e. The molecule has 3 heterocycles. The molecular weight excluding hydrogens is 549 g/mol. The lowest BCUT2D eigenvalue weighted by Crippen LogP contribution is -2.51. The Morgan fingerprint density at radius 2 is 1.62 bits per heavy atom. The van der Waals surface area contributed by atoms with Gasteiger partial charge in [-0.2, -0.15) is 13.2 Å². The van der Waals surface area contributed by atoms with Crippen LogP contribution >= 0.6 is 0 Å². The first kappa shape index (κ1) is 28.1. The summed E-state index contributed by atoms with van der Waals surface area (Å²) in [5.74, 6) is -1.31. The van der Waals surface area contributed by atoms with Crippen molar-refractivity contribution in [2.45, 2.75) is 25.7 Å². The van der Waals surface area contributed by atoms with Crippen LogP contribution in [0.25, 0.3) is 11.3 Å². The van der Waals surface area contributed by atoms with Gasteiger partial charge in [0.15, 0.2) is 11.9 Å². The molecule has 2 aromatic carbocycles. The molecule has 4 aromatic rings. The fourth-order valence-corrected chi connectivity index (χ4v) is 4.37. The van der Waals surface area contributed by atoms with E-state index in [0.717, 1.165) is 22.8 Å². The van der Waals surface area contributed by atoms with E-state index in [0.29, 0.717) is 17.5 Å². The van der Waals surface area contributed by atoms with Gasteiger partial charge < -0.3 is 5.32 Å². The molecular formula is C30H23F3N6O3. The number of nitrogens with zero attached hydrogens (tertiary/aromatic N) is 3. The van der Waals surface area contributed by atoms with Crippen molar-refractivity contribution in [3.63, 3.8) is 0 Å². The number of halogens is 3. The van der Waals surface area contributed by atoms with E-state index >= 15 is 0 Å². The van der Waals surface area contributed by atoms with Gasteiger partial charge in [-0.05, 0) is 36.8 Å². The molecule has 1 aliphatic heterocycles. The molecule has 1 atom stereocenters. The first-order valence-corrected chi connectivity index (χ1v) is 12.7. The summed E-state index contributed by atoms with van der Waals surface area (Å²) in [7, 11) is 0. The number of carbonyl (C=O) groups excluding carboxylic acids is 3. The zero-order chi connectivity index (χ0) is 29.9. The minimum absolute atomic E-state index is 0.0124. The van der Waals surface area contributed by atoms with Crippen molar-refractivity contribution in [1.29, 1.82) is 0 Å². The fraction of sp³-hybridized carbons (Fsp3) is 0.133. The summed E-state index contributed by atoms with van der Waals surface area (Å²) in [4.78, 5) is 51.0. The lowest BCUT2D eigenvalue weighted by molar-refractivity contribution is -0.141. The number of amides is 3. The number of nitrogens with one attached hydrogen (secondary N) is 3. The molecule has 2 aromatic heterocycles. The zero-order valence-corrected chi connectivity index (χ0v) is 22.1. The molecule has 0 fully saturated rings. The minimum Gasteiger partial charge on any atom is -0.308 e. The van der Waals surface area contributed by atoms with E-state index in [1.165, 1.54) is 12.3 Å². The van der Waals surface area contributed by atoms with Crippen molar-refractivity contribution in [1.82, 2.24) is 26.1 Å². The highest BCUT2D eigenvalue weighted by atomic mass is 19.4. The predicted molar refractivity (Wildman–Crippen MR) is 147 cm³/mol. The van der Waals surface area contributed by atoms with E-state index in [-0.39, 0.29) is 29.0 Å². The van der Waals surface area contributed by atoms with Crippen molar-refractivity contribution in [3.05, 3.63) is 119 Å². The minimum atomic E-state index is -4.75. The summed E-state index contributed by atoms with van der Waals surface area (Å²) in [5, 5.41) is 2.46. The van der Waals surface area contributed by atoms with Crippen molar-refractivity contribution in [3.8, 4) is 11.3 Å². The number of hydrogen-bond acceptors (Lipinski definition) is 6. The van der Waals surface area contributed by atoms with Crippen LogP contribution in [0.4, 0.5) is 18.0 Å². The maximum atomic E-state index is 13.4. The zero-order valence-electron chi connectivity index (χ0n) is 22.1. The Balaban J connectivity index is 1.35. The van der Waals surface area contributed by atoms with Crippen LogP contribution in [0.2, 0.25) is 0 Å². The van der Waals surface area contributed by atoms with Gasteiger partial charge in [-0.3, -0.25) is 25.0 Å². The molecule has 9 nitrogen and oxygen atoms in total. The summed E-state index contributed by atoms with van der Waals surface area (Å²) in [5.41, 5.74) is 6.14. The second kappa shape index (κ2) is 11.6. The molecule has 0 saturated heterocycles. The van der Waals surface area contributed by atoms with Gasteiger partial charge in [-0.25, -0.2) is 15.2 Å². The van der Waals surface area contributed by atoms with Crippen molar-refractivity contribution < 1.29 is 27.6 Å². The summed E-state index contributed by atoms with van der Waals surface area (Å²) in [6.07, 6.45) is -4.71. The summed E-state index contributed by atoms with van der Waals surface area (Å²) < 4.78 is 40.1. The molecule has 0 spiro atoms. The molecule has 0 unspecified atom stereocenters. The molecule has 0 saturated carbocycles. The molecule has 0 radical (unpaired) electrons. The number of aliphatic imine (C=N–C) groups is 1. The highest BCUT2D eigenvalue weighted by Gasteiger charge is 2.34. The van der Waals surface area contributed by atoms with Crippen molar-refractivity contribution >= 4 is 23.4 Å². The third-order valence-corrected chi connectivity index (χ3v) is 6.42. The van der Waals surface area contributed by atoms with Gasteiger partial charge in [0, 0.05) is 35.0 Å². The highest BCUT2D eigenvalue weighted by Crippen LogP contribution is 2.31. The number of benzene rings is 2. The predicted octanol–water partition coefficient (Wildman–Crippen LogP) is 4.40. The lowest BCUT2D eigenvalue weighted by Gasteiger charge is -2.16. The molecule has 0 aliphatic carbocycles. The highest BCUT2D eigenvalue weighted by molar-refractivity contribution is 6.16. The van der Waals surface area contributed by atoms with Gasteiger partial charge in [0.1, 0.15) is 5.69 Å². The quantitative estimate of drug-likeness (QED) is 0.313. The van der Waals surface area contributed by atoms with E-state index in [2.05, 4.69) is 31.1 Å². The van der Waals surface area contributed by atoms with Crippen LogP contribution in [-0.2, 0) is 17.4 Å². The topological polar surface area (TPSA) is 125 Å². The van der Waals surface area contributed by atoms with Crippen LogP contribution in [0, 0.1) is 6.92 Å². The molecule has 0 bridgehead atoms. The molecule has 1 aliphatic rings. The smallest absolute Gasteiger partial charge is 0.308 e. The first-order chi connectivity index (χ1) is 20.1. The Morgan fingerprint density at radius 3 is 2.33 bits per heavy atom. The Morgan fingerprint density at radius 1 is 0.881 bits per heavy atom. The van der Waals surface area contributed by atoms with E-state index < -0.39 is 30.0 Å².